The minimum absolute atomic E-state index is 0.00704. The van der Waals surface area contributed by atoms with Crippen molar-refractivity contribution in [2.75, 3.05) is 19.6 Å². The average molecular weight is 473 g/mol. The molecule has 1 aliphatic heterocycles. The first-order valence-electron chi connectivity index (χ1n) is 10.6. The van der Waals surface area contributed by atoms with Crippen LogP contribution in [0.3, 0.4) is 0 Å². The fraction of sp³-hybridized carbons (Fsp3) is 0.417. The number of halogens is 1. The Morgan fingerprint density at radius 1 is 1.10 bits per heavy atom. The summed E-state index contributed by atoms with van der Waals surface area (Å²) in [6, 6.07) is 17.0. The molecule has 6 heteroatoms. The van der Waals surface area contributed by atoms with Crippen LogP contribution in [0.5, 0.6) is 5.75 Å². The number of likely N-dealkylation sites (tertiary alicyclic amines) is 1. The third-order valence-corrected chi connectivity index (χ3v) is 5.96. The fourth-order valence-electron chi connectivity index (χ4n) is 3.86. The summed E-state index contributed by atoms with van der Waals surface area (Å²) in [4.78, 5) is 29.7. The highest BCUT2D eigenvalue weighted by Crippen LogP contribution is 2.22. The molecule has 0 saturated carbocycles. The lowest BCUT2D eigenvalue weighted by Gasteiger charge is -2.39. The summed E-state index contributed by atoms with van der Waals surface area (Å²) in [5.41, 5.74) is 0.717. The van der Waals surface area contributed by atoms with Gasteiger partial charge in [0.2, 0.25) is 0 Å². The zero-order chi connectivity index (χ0) is 21.5. The number of carbonyl (C=O) groups excluding carboxylic acids is 2. The van der Waals surface area contributed by atoms with Crippen molar-refractivity contribution in [3.63, 3.8) is 0 Å². The van der Waals surface area contributed by atoms with E-state index in [2.05, 4.69) is 22.9 Å². The third-order valence-electron chi connectivity index (χ3n) is 5.44. The highest BCUT2D eigenvalue weighted by atomic mass is 79.9. The van der Waals surface area contributed by atoms with Crippen molar-refractivity contribution >= 4 is 27.7 Å². The minimum atomic E-state index is -0.554. The van der Waals surface area contributed by atoms with Gasteiger partial charge in [-0.1, -0.05) is 41.1 Å². The van der Waals surface area contributed by atoms with E-state index in [9.17, 15) is 9.59 Å². The number of benzene rings is 2. The Bertz CT molecular complexity index is 833. The summed E-state index contributed by atoms with van der Waals surface area (Å²) in [7, 11) is 0. The Balaban J connectivity index is 1.60. The molecule has 0 aliphatic carbocycles. The monoisotopic (exact) mass is 472 g/mol. The fourth-order valence-corrected chi connectivity index (χ4v) is 4.12. The van der Waals surface area contributed by atoms with Gasteiger partial charge in [0.05, 0.1) is 0 Å². The van der Waals surface area contributed by atoms with Gasteiger partial charge in [0.25, 0.3) is 11.8 Å². The topological polar surface area (TPSA) is 49.9 Å². The highest BCUT2D eigenvalue weighted by Gasteiger charge is 2.32. The maximum absolute atomic E-state index is 13.2. The zero-order valence-corrected chi connectivity index (χ0v) is 19.2. The molecule has 3 rings (SSSR count). The molecule has 30 heavy (non-hydrogen) atoms. The van der Waals surface area contributed by atoms with Gasteiger partial charge in [0.15, 0.2) is 6.10 Å². The molecule has 0 N–H and O–H groups in total. The Hall–Kier alpha value is -2.34. The summed E-state index contributed by atoms with van der Waals surface area (Å²) in [5.74, 6) is 0.751. The second-order valence-corrected chi connectivity index (χ2v) is 8.55. The molecule has 1 heterocycles. The number of hydrogen-bond acceptors (Lipinski definition) is 3. The molecule has 0 aromatic heterocycles. The molecule has 2 aromatic rings. The maximum atomic E-state index is 13.2. The van der Waals surface area contributed by atoms with Crippen molar-refractivity contribution in [1.82, 2.24) is 9.80 Å². The first-order valence-corrected chi connectivity index (χ1v) is 11.4. The van der Waals surface area contributed by atoms with Crippen LogP contribution in [0.1, 0.15) is 43.5 Å². The molecule has 1 aliphatic rings. The standard InChI is InChI=1S/C24H29BrN2O3/c1-3-15-27(23(28)18(2)30-22-11-9-20(25)10-12-22)21-13-16-26(17-14-21)24(29)19-7-5-4-6-8-19/h4-12,18,21H,3,13-17H2,1-2H3. The number of ether oxygens (including phenoxy) is 1. The first kappa shape index (κ1) is 22.3. The van der Waals surface area contributed by atoms with E-state index < -0.39 is 6.10 Å². The molecule has 160 valence electrons. The largest absolute Gasteiger partial charge is 0.481 e. The Labute approximate surface area is 187 Å². The van der Waals surface area contributed by atoms with E-state index in [1.165, 1.54) is 0 Å². The second-order valence-electron chi connectivity index (χ2n) is 7.64. The van der Waals surface area contributed by atoms with Crippen LogP contribution in [0.15, 0.2) is 59.1 Å². The summed E-state index contributed by atoms with van der Waals surface area (Å²) in [5, 5.41) is 0. The summed E-state index contributed by atoms with van der Waals surface area (Å²) in [6.07, 6.45) is 1.91. The van der Waals surface area contributed by atoms with Crippen molar-refractivity contribution in [2.45, 2.75) is 45.3 Å². The molecule has 0 bridgehead atoms. The SMILES string of the molecule is CCCN(C(=O)C(C)Oc1ccc(Br)cc1)C1CCN(C(=O)c2ccccc2)CC1. The lowest BCUT2D eigenvalue weighted by atomic mass is 10.0. The quantitative estimate of drug-likeness (QED) is 0.583. The van der Waals surface area contributed by atoms with Gasteiger partial charge < -0.3 is 14.5 Å². The molecule has 2 aromatic carbocycles. The Morgan fingerprint density at radius 3 is 2.33 bits per heavy atom. The smallest absolute Gasteiger partial charge is 0.263 e. The van der Waals surface area contributed by atoms with Crippen molar-refractivity contribution in [3.8, 4) is 5.75 Å². The molecule has 0 spiro atoms. The second kappa shape index (κ2) is 10.6. The van der Waals surface area contributed by atoms with Crippen LogP contribution in [-0.4, -0.2) is 53.4 Å². The first-order chi connectivity index (χ1) is 14.5. The predicted octanol–water partition coefficient (Wildman–Crippen LogP) is 4.76. The van der Waals surface area contributed by atoms with Gasteiger partial charge in [-0.3, -0.25) is 9.59 Å². The molecule has 2 amide bonds. The number of amides is 2. The molecule has 0 radical (unpaired) electrons. The van der Waals surface area contributed by atoms with Gasteiger partial charge in [-0.2, -0.15) is 0 Å². The van der Waals surface area contributed by atoms with Gasteiger partial charge in [0.1, 0.15) is 5.75 Å². The van der Waals surface area contributed by atoms with Crippen molar-refractivity contribution in [3.05, 3.63) is 64.6 Å². The van der Waals surface area contributed by atoms with Gasteiger partial charge in [-0.15, -0.1) is 0 Å². The van der Waals surface area contributed by atoms with Crippen LogP contribution in [0.4, 0.5) is 0 Å². The predicted molar refractivity (Wildman–Crippen MR) is 122 cm³/mol. The van der Waals surface area contributed by atoms with E-state index in [0.29, 0.717) is 30.9 Å². The lowest BCUT2D eigenvalue weighted by Crippen LogP contribution is -2.52. The Kier molecular flexibility index (Phi) is 7.91. The molecule has 1 fully saturated rings. The van der Waals surface area contributed by atoms with Crippen molar-refractivity contribution in [2.24, 2.45) is 0 Å². The number of rotatable bonds is 7. The maximum Gasteiger partial charge on any atom is 0.263 e. The average Bonchev–Trinajstić information content (AvgIpc) is 2.79. The number of hydrogen-bond donors (Lipinski definition) is 0. The molecule has 1 unspecified atom stereocenters. The summed E-state index contributed by atoms with van der Waals surface area (Å²) in [6.45, 7) is 5.90. The summed E-state index contributed by atoms with van der Waals surface area (Å²) >= 11 is 3.41. The lowest BCUT2D eigenvalue weighted by molar-refractivity contribution is -0.141. The Morgan fingerprint density at radius 2 is 1.73 bits per heavy atom. The highest BCUT2D eigenvalue weighted by molar-refractivity contribution is 9.10. The number of nitrogens with zero attached hydrogens (tertiary/aromatic N) is 2. The van der Waals surface area contributed by atoms with Gasteiger partial charge in [0, 0.05) is 35.7 Å². The molecular weight excluding hydrogens is 444 g/mol. The van der Waals surface area contributed by atoms with Gasteiger partial charge in [-0.25, -0.2) is 0 Å². The van der Waals surface area contributed by atoms with E-state index in [4.69, 9.17) is 4.74 Å². The van der Waals surface area contributed by atoms with Crippen LogP contribution < -0.4 is 4.74 Å². The van der Waals surface area contributed by atoms with Crippen LogP contribution in [-0.2, 0) is 4.79 Å². The van der Waals surface area contributed by atoms with Crippen molar-refractivity contribution in [1.29, 1.82) is 0 Å². The van der Waals surface area contributed by atoms with E-state index in [1.54, 1.807) is 6.92 Å². The van der Waals surface area contributed by atoms with E-state index in [-0.39, 0.29) is 17.9 Å². The molecule has 5 nitrogen and oxygen atoms in total. The minimum Gasteiger partial charge on any atom is -0.481 e. The van der Waals surface area contributed by atoms with E-state index in [1.807, 2.05) is 64.4 Å². The van der Waals surface area contributed by atoms with Crippen LogP contribution >= 0.6 is 15.9 Å². The third kappa shape index (κ3) is 5.63. The molecule has 1 saturated heterocycles. The van der Waals surface area contributed by atoms with Crippen LogP contribution in [0, 0.1) is 0 Å². The van der Waals surface area contributed by atoms with Crippen LogP contribution in [0.2, 0.25) is 0 Å². The zero-order valence-electron chi connectivity index (χ0n) is 17.6. The van der Waals surface area contributed by atoms with Crippen molar-refractivity contribution < 1.29 is 14.3 Å². The molecular formula is C24H29BrN2O3. The number of piperidine rings is 1. The van der Waals surface area contributed by atoms with E-state index >= 15 is 0 Å². The molecule has 1 atom stereocenters. The van der Waals surface area contributed by atoms with Crippen LogP contribution in [0.25, 0.3) is 0 Å². The van der Waals surface area contributed by atoms with E-state index in [0.717, 1.165) is 23.7 Å². The van der Waals surface area contributed by atoms with Gasteiger partial charge >= 0.3 is 0 Å². The summed E-state index contributed by atoms with van der Waals surface area (Å²) < 4.78 is 6.86. The normalized spacial score (nSPS) is 15.5. The number of carbonyl (C=O) groups is 2. The van der Waals surface area contributed by atoms with Gasteiger partial charge in [-0.05, 0) is 62.6 Å².